The zero-order valence-corrected chi connectivity index (χ0v) is 15.7. The molecule has 0 aliphatic heterocycles. The lowest BCUT2D eigenvalue weighted by molar-refractivity contribution is 0.416. The van der Waals surface area contributed by atoms with Crippen molar-refractivity contribution in [2.75, 3.05) is 7.11 Å². The number of aromatic amines is 1. The number of para-hydroxylation sites is 1. The van der Waals surface area contributed by atoms with Gasteiger partial charge in [0.05, 0.1) is 29.4 Å². The van der Waals surface area contributed by atoms with Gasteiger partial charge in [-0.1, -0.05) is 35.5 Å². The summed E-state index contributed by atoms with van der Waals surface area (Å²) in [6, 6.07) is 13.6. The highest BCUT2D eigenvalue weighted by molar-refractivity contribution is 7.98. The minimum atomic E-state index is 0.702. The van der Waals surface area contributed by atoms with Crippen LogP contribution in [0.15, 0.2) is 53.0 Å². The summed E-state index contributed by atoms with van der Waals surface area (Å²) in [7, 11) is 1.68. The van der Waals surface area contributed by atoms with Crippen molar-refractivity contribution in [2.24, 2.45) is 0 Å². The van der Waals surface area contributed by atoms with E-state index in [2.05, 4.69) is 15.3 Å². The van der Waals surface area contributed by atoms with E-state index in [1.165, 1.54) is 0 Å². The predicted octanol–water partition coefficient (Wildman–Crippen LogP) is 5.64. The molecule has 4 rings (SSSR count). The molecule has 0 saturated carbocycles. The van der Waals surface area contributed by atoms with E-state index < -0.39 is 0 Å². The molecule has 0 atom stereocenters. The number of methoxy groups -OCH3 is 1. The summed E-state index contributed by atoms with van der Waals surface area (Å²) in [4.78, 5) is 12.6. The third-order valence-electron chi connectivity index (χ3n) is 3.67. The molecule has 0 radical (unpaired) electrons. The Balaban J connectivity index is 1.51. The molecule has 2 aromatic carbocycles. The van der Waals surface area contributed by atoms with E-state index in [9.17, 15) is 0 Å². The van der Waals surface area contributed by atoms with Gasteiger partial charge < -0.3 is 9.72 Å². The molecule has 0 aliphatic rings. The van der Waals surface area contributed by atoms with Crippen LogP contribution in [0.2, 0.25) is 5.02 Å². The van der Waals surface area contributed by atoms with E-state index in [1.807, 2.05) is 42.5 Å². The number of imidazole rings is 1. The summed E-state index contributed by atoms with van der Waals surface area (Å²) in [5.41, 5.74) is 3.90. The Morgan fingerprint density at radius 2 is 2.08 bits per heavy atom. The summed E-state index contributed by atoms with van der Waals surface area (Å²) in [6.07, 6.45) is 0. The fraction of sp³-hybridized carbons (Fsp3) is 0.111. The molecule has 126 valence electrons. The smallest absolute Gasteiger partial charge is 0.166 e. The van der Waals surface area contributed by atoms with E-state index >= 15 is 0 Å². The third kappa shape index (κ3) is 3.51. The largest absolute Gasteiger partial charge is 0.496 e. The topological polar surface area (TPSA) is 50.8 Å². The maximum Gasteiger partial charge on any atom is 0.166 e. The SMILES string of the molecule is COc1ccccc1-c1nc(CSc2nc3ccc(Cl)cc3[nH]2)cs1. The van der Waals surface area contributed by atoms with Crippen LogP contribution in [0.1, 0.15) is 5.69 Å². The first-order chi connectivity index (χ1) is 12.2. The highest BCUT2D eigenvalue weighted by atomic mass is 35.5. The molecule has 0 spiro atoms. The molecular formula is C18H14ClN3OS2. The van der Waals surface area contributed by atoms with Crippen LogP contribution in [0.4, 0.5) is 0 Å². The van der Waals surface area contributed by atoms with Crippen LogP contribution in [0.5, 0.6) is 5.75 Å². The first-order valence-corrected chi connectivity index (χ1v) is 9.83. The average molecular weight is 388 g/mol. The van der Waals surface area contributed by atoms with Gasteiger partial charge >= 0.3 is 0 Å². The van der Waals surface area contributed by atoms with Gasteiger partial charge in [-0.15, -0.1) is 11.3 Å². The second-order valence-corrected chi connectivity index (χ2v) is 7.59. The summed E-state index contributed by atoms with van der Waals surface area (Å²) >= 11 is 9.26. The summed E-state index contributed by atoms with van der Waals surface area (Å²) < 4.78 is 5.42. The van der Waals surface area contributed by atoms with Crippen molar-refractivity contribution in [2.45, 2.75) is 10.9 Å². The highest BCUT2D eigenvalue weighted by Gasteiger charge is 2.11. The van der Waals surface area contributed by atoms with Crippen LogP contribution in [0, 0.1) is 0 Å². The van der Waals surface area contributed by atoms with Gasteiger partial charge in [-0.3, -0.25) is 0 Å². The van der Waals surface area contributed by atoms with Gasteiger partial charge in [-0.25, -0.2) is 9.97 Å². The fourth-order valence-electron chi connectivity index (χ4n) is 2.49. The van der Waals surface area contributed by atoms with Crippen molar-refractivity contribution < 1.29 is 4.74 Å². The highest BCUT2D eigenvalue weighted by Crippen LogP contribution is 2.33. The molecule has 0 aliphatic carbocycles. The van der Waals surface area contributed by atoms with Crippen molar-refractivity contribution in [1.29, 1.82) is 0 Å². The van der Waals surface area contributed by atoms with Crippen LogP contribution in [-0.2, 0) is 5.75 Å². The number of aromatic nitrogens is 3. The number of benzene rings is 2. The van der Waals surface area contributed by atoms with Crippen LogP contribution in [0.3, 0.4) is 0 Å². The first-order valence-electron chi connectivity index (χ1n) is 7.59. The molecule has 1 N–H and O–H groups in total. The average Bonchev–Trinajstić information content (AvgIpc) is 3.26. The van der Waals surface area contributed by atoms with Gasteiger partial charge in [0.25, 0.3) is 0 Å². The number of nitrogens with zero attached hydrogens (tertiary/aromatic N) is 2. The molecule has 2 aromatic heterocycles. The zero-order chi connectivity index (χ0) is 17.2. The van der Waals surface area contributed by atoms with E-state index in [4.69, 9.17) is 21.3 Å². The molecule has 0 saturated heterocycles. The standard InChI is InChI=1S/C18H14ClN3OS2/c1-23-16-5-3-2-4-13(16)17-20-12(9-24-17)10-25-18-21-14-7-6-11(19)8-15(14)22-18/h2-9H,10H2,1H3,(H,21,22). The number of thioether (sulfide) groups is 1. The van der Waals surface area contributed by atoms with Crippen molar-refractivity contribution in [1.82, 2.24) is 15.0 Å². The molecular weight excluding hydrogens is 374 g/mol. The number of H-pyrrole nitrogens is 1. The quantitative estimate of drug-likeness (QED) is 0.450. The number of hydrogen-bond donors (Lipinski definition) is 1. The molecule has 4 nitrogen and oxygen atoms in total. The predicted molar refractivity (Wildman–Crippen MR) is 105 cm³/mol. The molecule has 2 heterocycles. The van der Waals surface area contributed by atoms with Gasteiger partial charge in [0.2, 0.25) is 0 Å². The molecule has 0 unspecified atom stereocenters. The minimum absolute atomic E-state index is 0.702. The second kappa shape index (κ2) is 7.07. The maximum atomic E-state index is 6.01. The van der Waals surface area contributed by atoms with Gasteiger partial charge in [0, 0.05) is 16.2 Å². The Morgan fingerprint density at radius 1 is 1.20 bits per heavy atom. The molecule has 0 bridgehead atoms. The summed E-state index contributed by atoms with van der Waals surface area (Å²) in [5, 5.41) is 4.61. The lowest BCUT2D eigenvalue weighted by atomic mass is 10.2. The number of ether oxygens (including phenoxy) is 1. The molecule has 0 amide bonds. The van der Waals surface area contributed by atoms with Crippen LogP contribution < -0.4 is 4.74 Å². The van der Waals surface area contributed by atoms with Crippen LogP contribution in [0.25, 0.3) is 21.6 Å². The number of rotatable bonds is 5. The number of thiazole rings is 1. The van der Waals surface area contributed by atoms with Gasteiger partial charge in [0.15, 0.2) is 5.16 Å². The van der Waals surface area contributed by atoms with Gasteiger partial charge in [-0.2, -0.15) is 0 Å². The van der Waals surface area contributed by atoms with E-state index in [-0.39, 0.29) is 0 Å². The van der Waals surface area contributed by atoms with Crippen molar-refractivity contribution in [3.05, 3.63) is 58.6 Å². The molecule has 4 aromatic rings. The number of nitrogens with one attached hydrogen (secondary N) is 1. The Bertz CT molecular complexity index is 1030. The number of fused-ring (bicyclic) bond motifs is 1. The van der Waals surface area contributed by atoms with E-state index in [0.717, 1.165) is 44.0 Å². The molecule has 0 fully saturated rings. The van der Waals surface area contributed by atoms with E-state index in [1.54, 1.807) is 30.2 Å². The Kier molecular flexibility index (Phi) is 4.65. The number of hydrogen-bond acceptors (Lipinski definition) is 5. The lowest BCUT2D eigenvalue weighted by Gasteiger charge is -2.04. The van der Waals surface area contributed by atoms with Crippen molar-refractivity contribution in [3.63, 3.8) is 0 Å². The monoisotopic (exact) mass is 387 g/mol. The van der Waals surface area contributed by atoms with Gasteiger partial charge in [0.1, 0.15) is 10.8 Å². The van der Waals surface area contributed by atoms with Crippen molar-refractivity contribution >= 4 is 45.7 Å². The summed E-state index contributed by atoms with van der Waals surface area (Å²) in [6.45, 7) is 0. The van der Waals surface area contributed by atoms with Crippen LogP contribution >= 0.6 is 34.7 Å². The Morgan fingerprint density at radius 3 is 2.96 bits per heavy atom. The first kappa shape index (κ1) is 16.4. The second-order valence-electron chi connectivity index (χ2n) is 5.34. The molecule has 25 heavy (non-hydrogen) atoms. The Labute approximate surface area is 158 Å². The number of halogens is 1. The minimum Gasteiger partial charge on any atom is -0.496 e. The van der Waals surface area contributed by atoms with E-state index in [0.29, 0.717) is 5.02 Å². The zero-order valence-electron chi connectivity index (χ0n) is 13.3. The Hall–Kier alpha value is -2.02. The maximum absolute atomic E-state index is 6.01. The normalized spacial score (nSPS) is 11.1. The third-order valence-corrected chi connectivity index (χ3v) is 5.73. The van der Waals surface area contributed by atoms with Crippen molar-refractivity contribution in [3.8, 4) is 16.3 Å². The van der Waals surface area contributed by atoms with Crippen LogP contribution in [-0.4, -0.2) is 22.1 Å². The molecule has 7 heteroatoms. The lowest BCUT2D eigenvalue weighted by Crippen LogP contribution is -1.87. The summed E-state index contributed by atoms with van der Waals surface area (Å²) in [5.74, 6) is 1.59. The van der Waals surface area contributed by atoms with Gasteiger partial charge in [-0.05, 0) is 30.3 Å². The fourth-order valence-corrected chi connectivity index (χ4v) is 4.39.